The maximum absolute atomic E-state index is 13.5. The summed E-state index contributed by atoms with van der Waals surface area (Å²) in [6.45, 7) is 0.913. The number of benzene rings is 2. The Morgan fingerprint density at radius 3 is 2.17 bits per heavy atom. The van der Waals surface area contributed by atoms with Gasteiger partial charge in [-0.2, -0.15) is 0 Å². The smallest absolute Gasteiger partial charge is 0.254 e. The van der Waals surface area contributed by atoms with Crippen molar-refractivity contribution in [2.24, 2.45) is 0 Å². The van der Waals surface area contributed by atoms with Crippen molar-refractivity contribution in [3.05, 3.63) is 74.4 Å². The Morgan fingerprint density at radius 1 is 0.931 bits per heavy atom. The van der Waals surface area contributed by atoms with Crippen LogP contribution in [0.15, 0.2) is 58.4 Å². The quantitative estimate of drug-likeness (QED) is 0.438. The standard InChI is InChI=1S/C22H22BrNO4S/c1-26-18-9-5-4-7-15(18)13-24(14-17-8-6-10-29-17)22(25)16-11-19(27-2)21(23)20(12-16)28-3/h4-12H,13-14H2,1-3H3. The molecule has 1 heterocycles. The lowest BCUT2D eigenvalue weighted by molar-refractivity contribution is 0.0730. The molecule has 0 saturated heterocycles. The van der Waals surface area contributed by atoms with Crippen LogP contribution in [0.25, 0.3) is 0 Å². The molecule has 1 aromatic heterocycles. The van der Waals surface area contributed by atoms with E-state index in [-0.39, 0.29) is 5.91 Å². The van der Waals surface area contributed by atoms with Gasteiger partial charge in [-0.3, -0.25) is 4.79 Å². The molecule has 152 valence electrons. The topological polar surface area (TPSA) is 48.0 Å². The van der Waals surface area contributed by atoms with Crippen LogP contribution < -0.4 is 14.2 Å². The summed E-state index contributed by atoms with van der Waals surface area (Å²) in [5.41, 5.74) is 1.43. The monoisotopic (exact) mass is 475 g/mol. The Morgan fingerprint density at radius 2 is 1.59 bits per heavy atom. The van der Waals surface area contributed by atoms with Crippen LogP contribution in [-0.4, -0.2) is 32.1 Å². The minimum absolute atomic E-state index is 0.117. The van der Waals surface area contributed by atoms with Crippen LogP contribution in [0.2, 0.25) is 0 Å². The van der Waals surface area contributed by atoms with Gasteiger partial charge in [-0.05, 0) is 45.6 Å². The Kier molecular flexibility index (Phi) is 7.17. The van der Waals surface area contributed by atoms with E-state index in [0.717, 1.165) is 16.2 Å². The fourth-order valence-electron chi connectivity index (χ4n) is 3.00. The van der Waals surface area contributed by atoms with E-state index in [4.69, 9.17) is 14.2 Å². The fourth-order valence-corrected chi connectivity index (χ4v) is 4.28. The zero-order chi connectivity index (χ0) is 20.8. The molecule has 0 spiro atoms. The second-order valence-electron chi connectivity index (χ2n) is 6.25. The molecule has 0 fully saturated rings. The molecule has 7 heteroatoms. The average Bonchev–Trinajstić information content (AvgIpc) is 3.26. The fraction of sp³-hybridized carbons (Fsp3) is 0.227. The van der Waals surface area contributed by atoms with Crippen LogP contribution in [0.4, 0.5) is 0 Å². The first-order chi connectivity index (χ1) is 14.1. The summed E-state index contributed by atoms with van der Waals surface area (Å²) in [6, 6.07) is 15.2. The van der Waals surface area contributed by atoms with E-state index in [0.29, 0.717) is 34.6 Å². The van der Waals surface area contributed by atoms with Gasteiger partial charge in [-0.25, -0.2) is 0 Å². The Bertz CT molecular complexity index is 950. The Hall–Kier alpha value is -2.51. The van der Waals surface area contributed by atoms with Gasteiger partial charge in [0.15, 0.2) is 0 Å². The molecule has 0 bridgehead atoms. The first-order valence-electron chi connectivity index (χ1n) is 8.92. The molecule has 0 atom stereocenters. The lowest BCUT2D eigenvalue weighted by Crippen LogP contribution is -2.30. The third-order valence-electron chi connectivity index (χ3n) is 4.46. The van der Waals surface area contributed by atoms with E-state index >= 15 is 0 Å². The summed E-state index contributed by atoms with van der Waals surface area (Å²) in [4.78, 5) is 16.4. The van der Waals surface area contributed by atoms with Gasteiger partial charge in [0.05, 0.1) is 34.4 Å². The predicted octanol–water partition coefficient (Wildman–Crippen LogP) is 5.38. The van der Waals surface area contributed by atoms with Crippen molar-refractivity contribution in [2.45, 2.75) is 13.1 Å². The first kappa shape index (κ1) is 21.2. The van der Waals surface area contributed by atoms with E-state index in [1.54, 1.807) is 49.7 Å². The maximum Gasteiger partial charge on any atom is 0.254 e. The Balaban J connectivity index is 1.98. The molecule has 0 aliphatic heterocycles. The number of amides is 1. The SMILES string of the molecule is COc1ccccc1CN(Cc1cccs1)C(=O)c1cc(OC)c(Br)c(OC)c1. The molecule has 5 nitrogen and oxygen atoms in total. The Labute approximate surface area is 183 Å². The zero-order valence-corrected chi connectivity index (χ0v) is 18.9. The minimum atomic E-state index is -0.117. The van der Waals surface area contributed by atoms with Crippen molar-refractivity contribution in [2.75, 3.05) is 21.3 Å². The van der Waals surface area contributed by atoms with Gasteiger partial charge in [-0.15, -0.1) is 11.3 Å². The summed E-state index contributed by atoms with van der Waals surface area (Å²) in [6.07, 6.45) is 0. The normalized spacial score (nSPS) is 10.5. The number of carbonyl (C=O) groups is 1. The number of para-hydroxylation sites is 1. The molecule has 3 aromatic rings. The van der Waals surface area contributed by atoms with Gasteiger partial charge >= 0.3 is 0 Å². The summed E-state index contributed by atoms with van der Waals surface area (Å²) in [5, 5.41) is 2.01. The second kappa shape index (κ2) is 9.80. The van der Waals surface area contributed by atoms with Gasteiger partial charge in [0.1, 0.15) is 21.7 Å². The van der Waals surface area contributed by atoms with Crippen molar-refractivity contribution in [1.82, 2.24) is 4.90 Å². The molecular formula is C22H22BrNO4S. The number of rotatable bonds is 8. The lowest BCUT2D eigenvalue weighted by Gasteiger charge is -2.24. The first-order valence-corrected chi connectivity index (χ1v) is 10.6. The third kappa shape index (κ3) is 4.92. The summed E-state index contributed by atoms with van der Waals surface area (Å²) in [5.74, 6) is 1.72. The largest absolute Gasteiger partial charge is 0.496 e. The number of hydrogen-bond donors (Lipinski definition) is 0. The van der Waals surface area contributed by atoms with Gasteiger partial charge in [0, 0.05) is 16.0 Å². The highest BCUT2D eigenvalue weighted by molar-refractivity contribution is 9.10. The molecule has 0 aliphatic carbocycles. The van der Waals surface area contributed by atoms with Crippen LogP contribution in [-0.2, 0) is 13.1 Å². The van der Waals surface area contributed by atoms with Crippen LogP contribution in [0.1, 0.15) is 20.8 Å². The molecule has 0 saturated carbocycles. The molecule has 0 N–H and O–H groups in total. The van der Waals surface area contributed by atoms with Gasteiger partial charge in [0.25, 0.3) is 5.91 Å². The molecule has 2 aromatic carbocycles. The average molecular weight is 476 g/mol. The van der Waals surface area contributed by atoms with Gasteiger partial charge < -0.3 is 19.1 Å². The van der Waals surface area contributed by atoms with Crippen LogP contribution >= 0.6 is 27.3 Å². The molecule has 0 unspecified atom stereocenters. The summed E-state index contributed by atoms with van der Waals surface area (Å²) < 4.78 is 17.0. The van der Waals surface area contributed by atoms with Crippen LogP contribution in [0.5, 0.6) is 17.2 Å². The van der Waals surface area contributed by atoms with Crippen LogP contribution in [0, 0.1) is 0 Å². The zero-order valence-electron chi connectivity index (χ0n) is 16.5. The summed E-state index contributed by atoms with van der Waals surface area (Å²) in [7, 11) is 4.76. The van der Waals surface area contributed by atoms with E-state index in [9.17, 15) is 4.79 Å². The number of thiophene rings is 1. The maximum atomic E-state index is 13.5. The van der Waals surface area contributed by atoms with E-state index < -0.39 is 0 Å². The predicted molar refractivity (Wildman–Crippen MR) is 118 cm³/mol. The van der Waals surface area contributed by atoms with Gasteiger partial charge in [0.2, 0.25) is 0 Å². The highest BCUT2D eigenvalue weighted by Crippen LogP contribution is 2.36. The van der Waals surface area contributed by atoms with E-state index in [1.807, 2.05) is 41.8 Å². The molecule has 1 amide bonds. The third-order valence-corrected chi connectivity index (χ3v) is 6.10. The van der Waals surface area contributed by atoms with Gasteiger partial charge in [-0.1, -0.05) is 24.3 Å². The van der Waals surface area contributed by atoms with E-state index in [2.05, 4.69) is 15.9 Å². The van der Waals surface area contributed by atoms with Crippen molar-refractivity contribution in [3.63, 3.8) is 0 Å². The highest BCUT2D eigenvalue weighted by Gasteiger charge is 2.22. The van der Waals surface area contributed by atoms with Crippen molar-refractivity contribution >= 4 is 33.2 Å². The van der Waals surface area contributed by atoms with Crippen molar-refractivity contribution in [3.8, 4) is 17.2 Å². The second-order valence-corrected chi connectivity index (χ2v) is 8.07. The number of halogens is 1. The highest BCUT2D eigenvalue weighted by atomic mass is 79.9. The molecule has 0 radical (unpaired) electrons. The minimum Gasteiger partial charge on any atom is -0.496 e. The number of methoxy groups -OCH3 is 3. The van der Waals surface area contributed by atoms with E-state index in [1.165, 1.54) is 0 Å². The summed E-state index contributed by atoms with van der Waals surface area (Å²) >= 11 is 5.07. The van der Waals surface area contributed by atoms with Crippen molar-refractivity contribution < 1.29 is 19.0 Å². The molecular weight excluding hydrogens is 454 g/mol. The number of carbonyl (C=O) groups excluding carboxylic acids is 1. The van der Waals surface area contributed by atoms with Crippen LogP contribution in [0.3, 0.4) is 0 Å². The number of ether oxygens (including phenoxy) is 3. The molecule has 3 rings (SSSR count). The molecule has 0 aliphatic rings. The lowest BCUT2D eigenvalue weighted by atomic mass is 10.1. The number of hydrogen-bond acceptors (Lipinski definition) is 5. The molecule has 29 heavy (non-hydrogen) atoms. The number of nitrogens with zero attached hydrogens (tertiary/aromatic N) is 1. The van der Waals surface area contributed by atoms with Crippen molar-refractivity contribution in [1.29, 1.82) is 0 Å².